The molecule has 1 N–H and O–H groups in total. The molecule has 0 aliphatic carbocycles. The second kappa shape index (κ2) is 8.44. The van der Waals surface area contributed by atoms with Gasteiger partial charge < -0.3 is 14.8 Å². The molecule has 6 heteroatoms. The second-order valence-corrected chi connectivity index (χ2v) is 7.62. The number of nitrogens with one attached hydrogen (secondary N) is 1. The van der Waals surface area contributed by atoms with Crippen molar-refractivity contribution in [2.45, 2.75) is 39.2 Å². The number of hydrogen-bond acceptors (Lipinski definition) is 4. The molecule has 0 saturated heterocycles. The number of carbonyl (C=O) groups is 2. The molecule has 144 valence electrons. The van der Waals surface area contributed by atoms with Gasteiger partial charge in [0.1, 0.15) is 5.75 Å². The van der Waals surface area contributed by atoms with Gasteiger partial charge in [0.15, 0.2) is 6.10 Å². The summed E-state index contributed by atoms with van der Waals surface area (Å²) in [6, 6.07) is 12.2. The Balaban J connectivity index is 2.06. The van der Waals surface area contributed by atoms with Gasteiger partial charge in [0.2, 0.25) is 0 Å². The number of esters is 1. The highest BCUT2D eigenvalue weighted by molar-refractivity contribution is 6.33. The Kier molecular flexibility index (Phi) is 6.50. The fourth-order valence-corrected chi connectivity index (χ4v) is 2.56. The zero-order chi connectivity index (χ0) is 20.2. The molecular formula is C21H24ClNO4. The van der Waals surface area contributed by atoms with Gasteiger partial charge in [0.25, 0.3) is 5.91 Å². The van der Waals surface area contributed by atoms with E-state index in [9.17, 15) is 9.59 Å². The average molecular weight is 390 g/mol. The SMILES string of the molecule is COC(=O)c1ccc(Cl)c(NC(=O)[C@@H](C)Oc2ccc(C(C)(C)C)cc2)c1. The third-order valence-electron chi connectivity index (χ3n) is 4.05. The predicted molar refractivity (Wildman–Crippen MR) is 107 cm³/mol. The summed E-state index contributed by atoms with van der Waals surface area (Å²) in [5, 5.41) is 3.00. The van der Waals surface area contributed by atoms with E-state index in [0.29, 0.717) is 22.0 Å². The molecule has 5 nitrogen and oxygen atoms in total. The van der Waals surface area contributed by atoms with Gasteiger partial charge in [-0.25, -0.2) is 4.79 Å². The van der Waals surface area contributed by atoms with Crippen LogP contribution in [0.15, 0.2) is 42.5 Å². The lowest BCUT2D eigenvalue weighted by molar-refractivity contribution is -0.122. The zero-order valence-electron chi connectivity index (χ0n) is 16.1. The van der Waals surface area contributed by atoms with Gasteiger partial charge in [-0.05, 0) is 48.2 Å². The van der Waals surface area contributed by atoms with Crippen molar-refractivity contribution >= 4 is 29.2 Å². The molecule has 1 amide bonds. The van der Waals surface area contributed by atoms with E-state index >= 15 is 0 Å². The molecule has 2 aromatic carbocycles. The molecular weight excluding hydrogens is 366 g/mol. The molecule has 0 heterocycles. The van der Waals surface area contributed by atoms with Gasteiger partial charge in [0, 0.05) is 0 Å². The van der Waals surface area contributed by atoms with Crippen LogP contribution in [0.2, 0.25) is 5.02 Å². The Morgan fingerprint density at radius 1 is 1.07 bits per heavy atom. The largest absolute Gasteiger partial charge is 0.481 e. The van der Waals surface area contributed by atoms with Crippen molar-refractivity contribution in [3.8, 4) is 5.75 Å². The molecule has 0 fully saturated rings. The Bertz CT molecular complexity index is 825. The van der Waals surface area contributed by atoms with E-state index in [1.807, 2.05) is 24.3 Å². The third kappa shape index (κ3) is 5.47. The number of benzene rings is 2. The Morgan fingerprint density at radius 2 is 1.70 bits per heavy atom. The number of carbonyl (C=O) groups excluding carboxylic acids is 2. The average Bonchev–Trinajstić information content (AvgIpc) is 2.62. The standard InChI is InChI=1S/C21H24ClNO4/c1-13(27-16-9-7-15(8-10-16)21(2,3)4)19(24)23-18-12-14(20(25)26-5)6-11-17(18)22/h6-13H,1-5H3,(H,23,24)/t13-/m1/s1. The molecule has 0 aliphatic heterocycles. The Hall–Kier alpha value is -2.53. The number of anilines is 1. The molecule has 0 aromatic heterocycles. The molecule has 0 saturated carbocycles. The van der Waals surface area contributed by atoms with Crippen molar-refractivity contribution in [2.75, 3.05) is 12.4 Å². The van der Waals surface area contributed by atoms with Gasteiger partial charge in [-0.1, -0.05) is 44.5 Å². The van der Waals surface area contributed by atoms with Gasteiger partial charge >= 0.3 is 5.97 Å². The van der Waals surface area contributed by atoms with Crippen LogP contribution in [0.3, 0.4) is 0 Å². The highest BCUT2D eigenvalue weighted by atomic mass is 35.5. The summed E-state index contributed by atoms with van der Waals surface area (Å²) in [7, 11) is 1.29. The minimum absolute atomic E-state index is 0.0446. The maximum absolute atomic E-state index is 12.4. The summed E-state index contributed by atoms with van der Waals surface area (Å²) in [5.41, 5.74) is 1.84. The maximum atomic E-state index is 12.4. The highest BCUT2D eigenvalue weighted by Crippen LogP contribution is 2.26. The molecule has 2 rings (SSSR count). The predicted octanol–water partition coefficient (Wildman–Crippen LogP) is 4.83. The summed E-state index contributed by atoms with van der Waals surface area (Å²) in [6.07, 6.45) is -0.747. The first-order chi connectivity index (χ1) is 12.6. The minimum atomic E-state index is -0.747. The normalized spacial score (nSPS) is 12.2. The molecule has 1 atom stereocenters. The fraction of sp³-hybridized carbons (Fsp3) is 0.333. The third-order valence-corrected chi connectivity index (χ3v) is 4.38. The van der Waals surface area contributed by atoms with E-state index in [-0.39, 0.29) is 11.3 Å². The van der Waals surface area contributed by atoms with E-state index in [0.717, 1.165) is 0 Å². The minimum Gasteiger partial charge on any atom is -0.481 e. The number of methoxy groups -OCH3 is 1. The fourth-order valence-electron chi connectivity index (χ4n) is 2.39. The van der Waals surface area contributed by atoms with Crippen molar-refractivity contribution in [1.82, 2.24) is 0 Å². The van der Waals surface area contributed by atoms with Gasteiger partial charge in [-0.3, -0.25) is 4.79 Å². The summed E-state index contributed by atoms with van der Waals surface area (Å²) in [4.78, 5) is 24.1. The summed E-state index contributed by atoms with van der Waals surface area (Å²) >= 11 is 6.11. The Morgan fingerprint density at radius 3 is 2.26 bits per heavy atom. The maximum Gasteiger partial charge on any atom is 0.337 e. The van der Waals surface area contributed by atoms with Crippen LogP contribution in [0.1, 0.15) is 43.6 Å². The first kappa shape index (κ1) is 20.8. The Labute approximate surface area is 164 Å². The summed E-state index contributed by atoms with van der Waals surface area (Å²) in [5.74, 6) is -0.288. The van der Waals surface area contributed by atoms with Crippen LogP contribution >= 0.6 is 11.6 Å². The first-order valence-corrected chi connectivity index (χ1v) is 8.95. The lowest BCUT2D eigenvalue weighted by Gasteiger charge is -2.20. The van der Waals surface area contributed by atoms with Crippen molar-refractivity contribution < 1.29 is 19.1 Å². The van der Waals surface area contributed by atoms with Gasteiger partial charge in [-0.2, -0.15) is 0 Å². The molecule has 0 radical (unpaired) electrons. The smallest absolute Gasteiger partial charge is 0.337 e. The van der Waals surface area contributed by atoms with Crippen LogP contribution in [0.25, 0.3) is 0 Å². The summed E-state index contributed by atoms with van der Waals surface area (Å²) in [6.45, 7) is 8.03. The molecule has 0 bridgehead atoms. The van der Waals surface area contributed by atoms with Crippen LogP contribution in [0.4, 0.5) is 5.69 Å². The number of rotatable bonds is 5. The first-order valence-electron chi connectivity index (χ1n) is 8.57. The highest BCUT2D eigenvalue weighted by Gasteiger charge is 2.18. The monoisotopic (exact) mass is 389 g/mol. The number of ether oxygens (including phenoxy) is 2. The van der Waals surface area contributed by atoms with Crippen LogP contribution < -0.4 is 10.1 Å². The van der Waals surface area contributed by atoms with Gasteiger partial charge in [-0.15, -0.1) is 0 Å². The van der Waals surface area contributed by atoms with E-state index in [1.165, 1.54) is 30.9 Å². The lowest BCUT2D eigenvalue weighted by Crippen LogP contribution is -2.30. The number of halogens is 1. The number of hydrogen-bond donors (Lipinski definition) is 1. The molecule has 0 spiro atoms. The van der Waals surface area contributed by atoms with Crippen LogP contribution in [-0.2, 0) is 14.9 Å². The molecule has 0 aliphatic rings. The van der Waals surface area contributed by atoms with E-state index in [4.69, 9.17) is 16.3 Å². The van der Waals surface area contributed by atoms with Crippen molar-refractivity contribution in [2.24, 2.45) is 0 Å². The quantitative estimate of drug-likeness (QED) is 0.744. The van der Waals surface area contributed by atoms with E-state index in [1.54, 1.807) is 6.92 Å². The lowest BCUT2D eigenvalue weighted by atomic mass is 9.87. The van der Waals surface area contributed by atoms with Crippen molar-refractivity contribution in [3.05, 3.63) is 58.6 Å². The van der Waals surface area contributed by atoms with E-state index < -0.39 is 12.1 Å². The second-order valence-electron chi connectivity index (χ2n) is 7.21. The van der Waals surface area contributed by atoms with Crippen molar-refractivity contribution in [1.29, 1.82) is 0 Å². The van der Waals surface area contributed by atoms with Crippen LogP contribution in [-0.4, -0.2) is 25.1 Å². The topological polar surface area (TPSA) is 64.6 Å². The molecule has 0 unspecified atom stereocenters. The summed E-state index contributed by atoms with van der Waals surface area (Å²) < 4.78 is 10.4. The van der Waals surface area contributed by atoms with Crippen LogP contribution in [0.5, 0.6) is 5.75 Å². The number of amides is 1. The van der Waals surface area contributed by atoms with Crippen LogP contribution in [0, 0.1) is 0 Å². The van der Waals surface area contributed by atoms with E-state index in [2.05, 4.69) is 30.8 Å². The molecule has 2 aromatic rings. The van der Waals surface area contributed by atoms with Gasteiger partial charge in [0.05, 0.1) is 23.4 Å². The van der Waals surface area contributed by atoms with Crippen molar-refractivity contribution in [3.63, 3.8) is 0 Å². The molecule has 27 heavy (non-hydrogen) atoms. The zero-order valence-corrected chi connectivity index (χ0v) is 16.9.